The van der Waals surface area contributed by atoms with E-state index in [9.17, 15) is 9.59 Å². The number of carbonyl (C=O) groups is 2. The standard InChI is InChI=1S/C27H30N2O3S/c1-22-13-15-25(33-22)20-29(19-24-11-7-4-8-12-24)27(31)21-28(17-18-32-2)26(30)16-14-23-9-5-3-6-10-23/h3-16H,17-21H2,1-2H3. The van der Waals surface area contributed by atoms with E-state index in [0.717, 1.165) is 16.0 Å². The third kappa shape index (κ3) is 8.00. The highest BCUT2D eigenvalue weighted by Crippen LogP contribution is 2.19. The molecule has 6 heteroatoms. The van der Waals surface area contributed by atoms with Crippen LogP contribution in [-0.2, 0) is 27.4 Å². The molecule has 0 saturated heterocycles. The first-order chi connectivity index (χ1) is 16.0. The van der Waals surface area contributed by atoms with Crippen LogP contribution >= 0.6 is 11.3 Å². The summed E-state index contributed by atoms with van der Waals surface area (Å²) in [6.07, 6.45) is 3.28. The number of benzene rings is 2. The van der Waals surface area contributed by atoms with E-state index >= 15 is 0 Å². The van der Waals surface area contributed by atoms with Crippen molar-refractivity contribution < 1.29 is 14.3 Å². The number of thiophene rings is 1. The van der Waals surface area contributed by atoms with Crippen LogP contribution in [0.5, 0.6) is 0 Å². The maximum Gasteiger partial charge on any atom is 0.247 e. The molecule has 0 N–H and O–H groups in total. The Morgan fingerprint density at radius 3 is 2.24 bits per heavy atom. The van der Waals surface area contributed by atoms with Crippen molar-refractivity contribution in [1.29, 1.82) is 0 Å². The lowest BCUT2D eigenvalue weighted by Gasteiger charge is -2.27. The van der Waals surface area contributed by atoms with E-state index in [1.165, 1.54) is 11.0 Å². The second kappa shape index (κ2) is 12.7. The molecule has 2 amide bonds. The number of amides is 2. The van der Waals surface area contributed by atoms with Crippen LogP contribution < -0.4 is 0 Å². The third-order valence-electron chi connectivity index (χ3n) is 5.13. The molecule has 0 bridgehead atoms. The monoisotopic (exact) mass is 462 g/mol. The summed E-state index contributed by atoms with van der Waals surface area (Å²) in [5.41, 5.74) is 1.99. The molecule has 1 aromatic heterocycles. The number of rotatable bonds is 11. The Morgan fingerprint density at radius 1 is 0.909 bits per heavy atom. The average molecular weight is 463 g/mol. The first-order valence-electron chi connectivity index (χ1n) is 10.9. The number of hydrogen-bond donors (Lipinski definition) is 0. The molecular weight excluding hydrogens is 432 g/mol. The first kappa shape index (κ1) is 24.4. The van der Waals surface area contributed by atoms with E-state index in [1.807, 2.05) is 65.6 Å². The van der Waals surface area contributed by atoms with Crippen LogP contribution in [0, 0.1) is 6.92 Å². The summed E-state index contributed by atoms with van der Waals surface area (Å²) in [4.78, 5) is 32.0. The quantitative estimate of drug-likeness (QED) is 0.386. The van der Waals surface area contributed by atoms with E-state index in [2.05, 4.69) is 19.1 Å². The van der Waals surface area contributed by atoms with Gasteiger partial charge in [-0.2, -0.15) is 0 Å². The van der Waals surface area contributed by atoms with Crippen molar-refractivity contribution in [2.75, 3.05) is 26.8 Å². The lowest BCUT2D eigenvalue weighted by atomic mass is 10.2. The zero-order valence-corrected chi connectivity index (χ0v) is 20.0. The highest BCUT2D eigenvalue weighted by Gasteiger charge is 2.21. The first-order valence-corrected chi connectivity index (χ1v) is 11.7. The van der Waals surface area contributed by atoms with Crippen molar-refractivity contribution in [3.63, 3.8) is 0 Å². The van der Waals surface area contributed by atoms with E-state index in [0.29, 0.717) is 26.2 Å². The Bertz CT molecular complexity index is 1050. The van der Waals surface area contributed by atoms with Crippen molar-refractivity contribution in [3.05, 3.63) is 99.8 Å². The molecule has 5 nitrogen and oxygen atoms in total. The summed E-state index contributed by atoms with van der Waals surface area (Å²) in [5.74, 6) is -0.307. The van der Waals surface area contributed by atoms with Gasteiger partial charge in [0.25, 0.3) is 0 Å². The Hall–Kier alpha value is -3.22. The van der Waals surface area contributed by atoms with Crippen LogP contribution in [0.15, 0.2) is 78.9 Å². The van der Waals surface area contributed by atoms with E-state index in [1.54, 1.807) is 29.4 Å². The fourth-order valence-electron chi connectivity index (χ4n) is 3.36. The van der Waals surface area contributed by atoms with Gasteiger partial charge in [-0.3, -0.25) is 9.59 Å². The average Bonchev–Trinajstić information content (AvgIpc) is 3.25. The summed E-state index contributed by atoms with van der Waals surface area (Å²) >= 11 is 1.68. The summed E-state index contributed by atoms with van der Waals surface area (Å²) in [5, 5.41) is 0. The largest absolute Gasteiger partial charge is 0.383 e. The molecule has 0 radical (unpaired) electrons. The fourth-order valence-corrected chi connectivity index (χ4v) is 4.27. The molecule has 2 aromatic carbocycles. The van der Waals surface area contributed by atoms with Crippen LogP contribution in [-0.4, -0.2) is 48.4 Å². The molecule has 0 aliphatic carbocycles. The van der Waals surface area contributed by atoms with Gasteiger partial charge < -0.3 is 14.5 Å². The van der Waals surface area contributed by atoms with Crippen molar-refractivity contribution in [3.8, 4) is 0 Å². The van der Waals surface area contributed by atoms with E-state index in [4.69, 9.17) is 4.74 Å². The highest BCUT2D eigenvalue weighted by molar-refractivity contribution is 7.11. The van der Waals surface area contributed by atoms with Gasteiger partial charge in [0.05, 0.1) is 13.2 Å². The Balaban J connectivity index is 1.74. The minimum absolute atomic E-state index is 0.00147. The Kier molecular flexibility index (Phi) is 9.42. The third-order valence-corrected chi connectivity index (χ3v) is 6.12. The van der Waals surface area contributed by atoms with Crippen LogP contribution in [0.2, 0.25) is 0 Å². The molecule has 0 atom stereocenters. The van der Waals surface area contributed by atoms with Gasteiger partial charge in [0.1, 0.15) is 6.54 Å². The molecule has 0 aliphatic heterocycles. The summed E-state index contributed by atoms with van der Waals surface area (Å²) < 4.78 is 5.18. The number of carbonyl (C=O) groups excluding carboxylic acids is 2. The van der Waals surface area contributed by atoms with Crippen LogP contribution in [0.1, 0.15) is 20.9 Å². The SMILES string of the molecule is COCCN(CC(=O)N(Cc1ccccc1)Cc1ccc(C)s1)C(=O)C=Cc1ccccc1. The molecule has 3 aromatic rings. The molecule has 172 valence electrons. The van der Waals surface area contributed by atoms with Gasteiger partial charge in [-0.05, 0) is 36.3 Å². The molecule has 0 unspecified atom stereocenters. The van der Waals surface area contributed by atoms with Gasteiger partial charge >= 0.3 is 0 Å². The van der Waals surface area contributed by atoms with Crippen molar-refractivity contribution >= 4 is 29.2 Å². The zero-order valence-electron chi connectivity index (χ0n) is 19.1. The van der Waals surface area contributed by atoms with Crippen LogP contribution in [0.3, 0.4) is 0 Å². The highest BCUT2D eigenvalue weighted by atomic mass is 32.1. The molecule has 0 fully saturated rings. The molecule has 0 aliphatic rings. The van der Waals surface area contributed by atoms with Gasteiger partial charge in [-0.15, -0.1) is 11.3 Å². The van der Waals surface area contributed by atoms with E-state index in [-0.39, 0.29) is 18.4 Å². The molecule has 0 spiro atoms. The molecule has 1 heterocycles. The number of aryl methyl sites for hydroxylation is 1. The molecule has 33 heavy (non-hydrogen) atoms. The van der Waals surface area contributed by atoms with E-state index < -0.39 is 0 Å². The van der Waals surface area contributed by atoms with Gasteiger partial charge in [0.15, 0.2) is 0 Å². The van der Waals surface area contributed by atoms with Crippen LogP contribution in [0.4, 0.5) is 0 Å². The van der Waals surface area contributed by atoms with Gasteiger partial charge in [-0.25, -0.2) is 0 Å². The Labute approximate surface area is 199 Å². The minimum atomic E-state index is -0.212. The van der Waals surface area contributed by atoms with Crippen molar-refractivity contribution in [2.24, 2.45) is 0 Å². The van der Waals surface area contributed by atoms with Crippen molar-refractivity contribution in [1.82, 2.24) is 9.80 Å². The predicted molar refractivity (Wildman–Crippen MR) is 134 cm³/mol. The topological polar surface area (TPSA) is 49.9 Å². The lowest BCUT2D eigenvalue weighted by Crippen LogP contribution is -2.43. The molecule has 3 rings (SSSR count). The number of ether oxygens (including phenoxy) is 1. The maximum absolute atomic E-state index is 13.4. The van der Waals surface area contributed by atoms with Gasteiger partial charge in [-0.1, -0.05) is 60.7 Å². The summed E-state index contributed by atoms with van der Waals surface area (Å²) in [6.45, 7) is 3.76. The summed E-state index contributed by atoms with van der Waals surface area (Å²) in [6, 6.07) is 23.7. The maximum atomic E-state index is 13.4. The number of hydrogen-bond acceptors (Lipinski definition) is 4. The minimum Gasteiger partial charge on any atom is -0.383 e. The van der Waals surface area contributed by atoms with Crippen molar-refractivity contribution in [2.45, 2.75) is 20.0 Å². The second-order valence-corrected chi connectivity index (χ2v) is 9.12. The number of methoxy groups -OCH3 is 1. The predicted octanol–water partition coefficient (Wildman–Crippen LogP) is 4.77. The Morgan fingerprint density at radius 2 is 1.61 bits per heavy atom. The smallest absolute Gasteiger partial charge is 0.247 e. The summed E-state index contributed by atoms with van der Waals surface area (Å²) in [7, 11) is 1.59. The zero-order chi connectivity index (χ0) is 23.5. The molecule has 0 saturated carbocycles. The van der Waals surface area contributed by atoms with Crippen LogP contribution in [0.25, 0.3) is 6.08 Å². The fraction of sp³-hybridized carbons (Fsp3) is 0.259. The molecular formula is C27H30N2O3S. The second-order valence-electron chi connectivity index (χ2n) is 7.74. The number of nitrogens with zero attached hydrogens (tertiary/aromatic N) is 2. The van der Waals surface area contributed by atoms with Gasteiger partial charge in [0, 0.05) is 36.0 Å². The normalized spacial score (nSPS) is 11.0. The lowest BCUT2D eigenvalue weighted by molar-refractivity contribution is -0.139. The van der Waals surface area contributed by atoms with Gasteiger partial charge in [0.2, 0.25) is 11.8 Å².